The summed E-state index contributed by atoms with van der Waals surface area (Å²) in [7, 11) is 0. The van der Waals surface area contributed by atoms with E-state index in [0.29, 0.717) is 0 Å². The molecule has 0 radical (unpaired) electrons. The summed E-state index contributed by atoms with van der Waals surface area (Å²) in [5, 5.41) is 0. The maximum atomic E-state index is 4.34. The predicted molar refractivity (Wildman–Crippen MR) is 172 cm³/mol. The molecule has 0 spiro atoms. The van der Waals surface area contributed by atoms with E-state index >= 15 is 0 Å². The van der Waals surface area contributed by atoms with Crippen LogP contribution in [0.4, 0.5) is 0 Å². The highest BCUT2D eigenvalue weighted by atomic mass is 14.6. The van der Waals surface area contributed by atoms with Gasteiger partial charge in [-0.1, -0.05) is 91.0 Å². The van der Waals surface area contributed by atoms with Gasteiger partial charge in [0, 0.05) is 54.2 Å². The first-order valence-electron chi connectivity index (χ1n) is 14.2. The average Bonchev–Trinajstić information content (AvgIpc) is 3.09. The zero-order valence-corrected chi connectivity index (χ0v) is 23.1. The number of pyridine rings is 3. The fourth-order valence-electron chi connectivity index (χ4n) is 5.73. The van der Waals surface area contributed by atoms with Gasteiger partial charge < -0.3 is 0 Å². The molecule has 7 rings (SSSR count). The first-order valence-corrected chi connectivity index (χ1v) is 14.2. The van der Waals surface area contributed by atoms with E-state index in [1.807, 2.05) is 55.4 Å². The molecule has 3 heterocycles. The van der Waals surface area contributed by atoms with Gasteiger partial charge >= 0.3 is 0 Å². The van der Waals surface area contributed by atoms with Crippen molar-refractivity contribution in [3.63, 3.8) is 0 Å². The van der Waals surface area contributed by atoms with Crippen molar-refractivity contribution in [3.05, 3.63) is 175 Å². The third-order valence-corrected chi connectivity index (χ3v) is 7.88. The molecule has 0 aliphatic heterocycles. The summed E-state index contributed by atoms with van der Waals surface area (Å²) in [6.07, 6.45) is 16.9. The van der Waals surface area contributed by atoms with E-state index in [1.165, 1.54) is 39.0 Å². The van der Waals surface area contributed by atoms with Gasteiger partial charge in [0.2, 0.25) is 0 Å². The third-order valence-electron chi connectivity index (χ3n) is 7.88. The Morgan fingerprint density at radius 2 is 0.929 bits per heavy atom. The second-order valence-electron chi connectivity index (χ2n) is 10.6. The van der Waals surface area contributed by atoms with E-state index in [4.69, 9.17) is 0 Å². The Labute approximate surface area is 246 Å². The van der Waals surface area contributed by atoms with Crippen molar-refractivity contribution in [2.75, 3.05) is 0 Å². The number of hydrogen-bond donors (Lipinski definition) is 0. The van der Waals surface area contributed by atoms with Crippen molar-refractivity contribution >= 4 is 11.1 Å². The summed E-state index contributed by atoms with van der Waals surface area (Å²) in [5.41, 5.74) is 13.2. The van der Waals surface area contributed by atoms with Gasteiger partial charge in [-0.2, -0.15) is 0 Å². The van der Waals surface area contributed by atoms with Gasteiger partial charge in [0.15, 0.2) is 0 Å². The molecule has 0 amide bonds. The zero-order valence-electron chi connectivity index (χ0n) is 23.1. The van der Waals surface area contributed by atoms with Crippen LogP contribution in [0.2, 0.25) is 0 Å². The quantitative estimate of drug-likeness (QED) is 0.212. The predicted octanol–water partition coefficient (Wildman–Crippen LogP) is 9.53. The minimum absolute atomic E-state index is 0.223. The molecule has 1 unspecified atom stereocenters. The average molecular weight is 540 g/mol. The Morgan fingerprint density at radius 3 is 1.50 bits per heavy atom. The van der Waals surface area contributed by atoms with Gasteiger partial charge in [-0.05, 0) is 86.8 Å². The molecule has 3 nitrogen and oxygen atoms in total. The first kappa shape index (κ1) is 25.6. The van der Waals surface area contributed by atoms with Crippen molar-refractivity contribution in [3.8, 4) is 33.4 Å². The second kappa shape index (κ2) is 11.6. The van der Waals surface area contributed by atoms with E-state index in [9.17, 15) is 0 Å². The van der Waals surface area contributed by atoms with E-state index in [2.05, 4.69) is 118 Å². The number of aromatic nitrogens is 3. The van der Waals surface area contributed by atoms with Crippen molar-refractivity contribution in [1.29, 1.82) is 0 Å². The van der Waals surface area contributed by atoms with Crippen LogP contribution >= 0.6 is 0 Å². The van der Waals surface area contributed by atoms with Crippen LogP contribution in [0.5, 0.6) is 0 Å². The van der Waals surface area contributed by atoms with Crippen LogP contribution in [0, 0.1) is 0 Å². The van der Waals surface area contributed by atoms with Gasteiger partial charge in [0.25, 0.3) is 0 Å². The number of benzene rings is 3. The zero-order chi connectivity index (χ0) is 28.1. The Hall–Kier alpha value is -5.41. The molecular weight excluding hydrogens is 510 g/mol. The van der Waals surface area contributed by atoms with Crippen molar-refractivity contribution in [2.24, 2.45) is 0 Å². The highest BCUT2D eigenvalue weighted by Crippen LogP contribution is 2.41. The number of rotatable bonds is 6. The highest BCUT2D eigenvalue weighted by Gasteiger charge is 2.20. The van der Waals surface area contributed by atoms with E-state index in [-0.39, 0.29) is 5.92 Å². The fourth-order valence-corrected chi connectivity index (χ4v) is 5.73. The summed E-state index contributed by atoms with van der Waals surface area (Å²) < 4.78 is 0. The van der Waals surface area contributed by atoms with E-state index in [0.717, 1.165) is 28.7 Å². The molecule has 1 atom stereocenters. The molecule has 0 bridgehead atoms. The van der Waals surface area contributed by atoms with Crippen LogP contribution in [0.25, 0.3) is 44.5 Å². The molecule has 0 saturated carbocycles. The summed E-state index contributed by atoms with van der Waals surface area (Å²) >= 11 is 0. The Kier molecular flexibility index (Phi) is 7.06. The number of allylic oxidation sites excluding steroid dienone is 4. The van der Waals surface area contributed by atoms with Gasteiger partial charge in [0.1, 0.15) is 0 Å². The molecular formula is C39H29N3. The molecule has 1 aliphatic carbocycles. The lowest BCUT2D eigenvalue weighted by Gasteiger charge is -2.24. The Morgan fingerprint density at radius 1 is 0.452 bits per heavy atom. The summed E-state index contributed by atoms with van der Waals surface area (Å²) in [6.45, 7) is 0. The SMILES string of the molecule is C1=C(c2cccc(-c3cccnc3)c2)C=C(c2cccc(-c3cccnc3)c2)CC1c1cccc(-c2cccnc2)c1. The summed E-state index contributed by atoms with van der Waals surface area (Å²) in [6, 6.07) is 38.8. The first-order chi connectivity index (χ1) is 20.8. The molecule has 0 N–H and O–H groups in total. The lowest BCUT2D eigenvalue weighted by molar-refractivity contribution is 0.871. The van der Waals surface area contributed by atoms with E-state index < -0.39 is 0 Å². The molecule has 1 aliphatic rings. The van der Waals surface area contributed by atoms with Crippen LogP contribution < -0.4 is 0 Å². The van der Waals surface area contributed by atoms with Crippen molar-refractivity contribution < 1.29 is 0 Å². The van der Waals surface area contributed by atoms with E-state index in [1.54, 1.807) is 0 Å². The van der Waals surface area contributed by atoms with Crippen LogP contribution in [0.15, 0.2) is 159 Å². The normalized spacial score (nSPS) is 14.6. The molecule has 0 fully saturated rings. The van der Waals surface area contributed by atoms with Gasteiger partial charge in [-0.25, -0.2) is 0 Å². The molecule has 0 saturated heterocycles. The molecule has 3 heteroatoms. The van der Waals surface area contributed by atoms with Crippen LogP contribution in [-0.2, 0) is 0 Å². The van der Waals surface area contributed by atoms with Crippen molar-refractivity contribution in [2.45, 2.75) is 12.3 Å². The smallest absolute Gasteiger partial charge is 0.0346 e. The molecule has 6 aromatic rings. The van der Waals surface area contributed by atoms with Gasteiger partial charge in [-0.3, -0.25) is 15.0 Å². The van der Waals surface area contributed by atoms with Gasteiger partial charge in [0.05, 0.1) is 0 Å². The number of nitrogens with zero attached hydrogens (tertiary/aromatic N) is 3. The fraction of sp³-hybridized carbons (Fsp3) is 0.0513. The maximum absolute atomic E-state index is 4.34. The Bertz CT molecular complexity index is 1890. The minimum Gasteiger partial charge on any atom is -0.264 e. The lowest BCUT2D eigenvalue weighted by Crippen LogP contribution is -2.04. The van der Waals surface area contributed by atoms with Crippen LogP contribution in [-0.4, -0.2) is 15.0 Å². The van der Waals surface area contributed by atoms with Gasteiger partial charge in [-0.15, -0.1) is 0 Å². The topological polar surface area (TPSA) is 38.7 Å². The summed E-state index contributed by atoms with van der Waals surface area (Å²) in [5.74, 6) is 0.223. The molecule has 200 valence electrons. The largest absolute Gasteiger partial charge is 0.264 e. The number of hydrogen-bond acceptors (Lipinski definition) is 3. The highest BCUT2D eigenvalue weighted by molar-refractivity contribution is 5.89. The minimum atomic E-state index is 0.223. The molecule has 42 heavy (non-hydrogen) atoms. The lowest BCUT2D eigenvalue weighted by atomic mass is 9.80. The maximum Gasteiger partial charge on any atom is 0.0346 e. The van der Waals surface area contributed by atoms with Crippen molar-refractivity contribution in [1.82, 2.24) is 15.0 Å². The summed E-state index contributed by atoms with van der Waals surface area (Å²) in [4.78, 5) is 13.0. The van der Waals surface area contributed by atoms with Crippen LogP contribution in [0.1, 0.15) is 29.0 Å². The Balaban J connectivity index is 1.32. The molecule has 3 aromatic heterocycles. The van der Waals surface area contributed by atoms with Crippen LogP contribution in [0.3, 0.4) is 0 Å². The standard InChI is InChI=1S/C39H29N3/c1-7-28(34-13-4-16-40-25-34)19-31(10-1)37-22-38(32-11-2-8-29(20-32)35-14-5-17-41-26-35)24-39(23-37)33-12-3-9-30(21-33)36-15-6-18-42-27-36/h1-23,25-27,38H,24H2. The monoisotopic (exact) mass is 539 g/mol. The molecule has 3 aromatic carbocycles. The second-order valence-corrected chi connectivity index (χ2v) is 10.6. The third kappa shape index (κ3) is 5.45.